The summed E-state index contributed by atoms with van der Waals surface area (Å²) in [6.07, 6.45) is 1.38. The molecule has 1 aliphatic rings. The van der Waals surface area contributed by atoms with Crippen LogP contribution in [-0.4, -0.2) is 23.0 Å². The molecule has 1 heteroatoms. The SMILES string of the molecule is CC(C)N1CC[C@@]1(C)C(C)C. The third-order valence-corrected chi connectivity index (χ3v) is 3.38. The maximum Gasteiger partial charge on any atom is 0.0219 e. The molecule has 66 valence electrons. The smallest absolute Gasteiger partial charge is 0.0219 e. The first-order chi connectivity index (χ1) is 4.98. The topological polar surface area (TPSA) is 3.24 Å². The lowest BCUT2D eigenvalue weighted by atomic mass is 9.76. The van der Waals surface area contributed by atoms with Gasteiger partial charge >= 0.3 is 0 Å². The minimum absolute atomic E-state index is 0.494. The van der Waals surface area contributed by atoms with Crippen LogP contribution in [0.25, 0.3) is 0 Å². The molecule has 0 aliphatic carbocycles. The molecule has 0 aromatic carbocycles. The van der Waals surface area contributed by atoms with Crippen LogP contribution in [0.15, 0.2) is 0 Å². The van der Waals surface area contributed by atoms with Gasteiger partial charge in [0.05, 0.1) is 0 Å². The Bertz CT molecular complexity index is 140. The predicted molar refractivity (Wildman–Crippen MR) is 49.7 cm³/mol. The Kier molecular flexibility index (Phi) is 2.29. The molecule has 0 saturated carbocycles. The van der Waals surface area contributed by atoms with Gasteiger partial charge < -0.3 is 0 Å². The van der Waals surface area contributed by atoms with E-state index in [-0.39, 0.29) is 0 Å². The fourth-order valence-corrected chi connectivity index (χ4v) is 2.06. The second-order valence-corrected chi connectivity index (χ2v) is 4.55. The Morgan fingerprint density at radius 3 is 1.82 bits per heavy atom. The van der Waals surface area contributed by atoms with Crippen molar-refractivity contribution in [2.45, 2.75) is 52.6 Å². The summed E-state index contributed by atoms with van der Waals surface area (Å²) >= 11 is 0. The van der Waals surface area contributed by atoms with Crippen molar-refractivity contribution in [2.75, 3.05) is 6.54 Å². The zero-order valence-electron chi connectivity index (χ0n) is 8.52. The van der Waals surface area contributed by atoms with Gasteiger partial charge in [0.15, 0.2) is 0 Å². The van der Waals surface area contributed by atoms with Gasteiger partial charge in [-0.2, -0.15) is 0 Å². The maximum atomic E-state index is 2.61. The molecule has 0 N–H and O–H groups in total. The van der Waals surface area contributed by atoms with Gasteiger partial charge in [0, 0.05) is 18.1 Å². The normalized spacial score (nSPS) is 33.0. The predicted octanol–water partition coefficient (Wildman–Crippen LogP) is 2.52. The lowest BCUT2D eigenvalue weighted by Crippen LogP contribution is -2.63. The molecule has 0 bridgehead atoms. The van der Waals surface area contributed by atoms with Crippen molar-refractivity contribution >= 4 is 0 Å². The fourth-order valence-electron chi connectivity index (χ4n) is 2.06. The standard InChI is InChI=1S/C10H21N/c1-8(2)10(5)6-7-11(10)9(3)4/h8-9H,6-7H2,1-5H3/t10-/m0/s1. The van der Waals surface area contributed by atoms with E-state index in [4.69, 9.17) is 0 Å². The molecule has 0 amide bonds. The molecule has 0 radical (unpaired) electrons. The van der Waals surface area contributed by atoms with E-state index in [1.54, 1.807) is 0 Å². The Morgan fingerprint density at radius 2 is 1.73 bits per heavy atom. The van der Waals surface area contributed by atoms with Crippen LogP contribution in [0.4, 0.5) is 0 Å². The number of likely N-dealkylation sites (tertiary alicyclic amines) is 1. The third kappa shape index (κ3) is 1.31. The number of hydrogen-bond acceptors (Lipinski definition) is 1. The van der Waals surface area contributed by atoms with Gasteiger partial charge in [-0.25, -0.2) is 0 Å². The van der Waals surface area contributed by atoms with Crippen LogP contribution in [0, 0.1) is 5.92 Å². The van der Waals surface area contributed by atoms with Gasteiger partial charge in [0.1, 0.15) is 0 Å². The fraction of sp³-hybridized carbons (Fsp3) is 1.00. The Labute approximate surface area is 70.8 Å². The minimum Gasteiger partial charge on any atom is -0.295 e. The molecule has 11 heavy (non-hydrogen) atoms. The summed E-state index contributed by atoms with van der Waals surface area (Å²) in [5.41, 5.74) is 0.494. The van der Waals surface area contributed by atoms with Crippen LogP contribution in [-0.2, 0) is 0 Å². The van der Waals surface area contributed by atoms with E-state index in [1.165, 1.54) is 13.0 Å². The molecule has 0 spiro atoms. The average molecular weight is 155 g/mol. The highest BCUT2D eigenvalue weighted by Gasteiger charge is 2.43. The van der Waals surface area contributed by atoms with Crippen molar-refractivity contribution in [3.63, 3.8) is 0 Å². The Balaban J connectivity index is 2.59. The van der Waals surface area contributed by atoms with E-state index in [0.717, 1.165) is 12.0 Å². The van der Waals surface area contributed by atoms with Crippen LogP contribution in [0.5, 0.6) is 0 Å². The first kappa shape index (κ1) is 9.05. The second-order valence-electron chi connectivity index (χ2n) is 4.55. The van der Waals surface area contributed by atoms with Crippen molar-refractivity contribution in [1.29, 1.82) is 0 Å². The van der Waals surface area contributed by atoms with Crippen LogP contribution >= 0.6 is 0 Å². The maximum absolute atomic E-state index is 2.61. The van der Waals surface area contributed by atoms with Gasteiger partial charge in [-0.05, 0) is 33.1 Å². The molecule has 1 nitrogen and oxygen atoms in total. The first-order valence-electron chi connectivity index (χ1n) is 4.75. The molecule has 0 aromatic heterocycles. The molecule has 1 rings (SSSR count). The molecular formula is C10H21N. The van der Waals surface area contributed by atoms with Gasteiger partial charge in [0.2, 0.25) is 0 Å². The number of nitrogens with zero attached hydrogens (tertiary/aromatic N) is 1. The van der Waals surface area contributed by atoms with Gasteiger partial charge in [-0.1, -0.05) is 13.8 Å². The third-order valence-electron chi connectivity index (χ3n) is 3.38. The molecule has 1 saturated heterocycles. The summed E-state index contributed by atoms with van der Waals surface area (Å²) in [5, 5.41) is 0. The summed E-state index contributed by atoms with van der Waals surface area (Å²) < 4.78 is 0. The summed E-state index contributed by atoms with van der Waals surface area (Å²) in [7, 11) is 0. The largest absolute Gasteiger partial charge is 0.295 e. The van der Waals surface area contributed by atoms with E-state index >= 15 is 0 Å². The van der Waals surface area contributed by atoms with Crippen molar-refractivity contribution in [2.24, 2.45) is 5.92 Å². The van der Waals surface area contributed by atoms with E-state index in [1.807, 2.05) is 0 Å². The number of hydrogen-bond donors (Lipinski definition) is 0. The lowest BCUT2D eigenvalue weighted by Gasteiger charge is -2.56. The summed E-state index contributed by atoms with van der Waals surface area (Å²) in [5.74, 6) is 0.790. The van der Waals surface area contributed by atoms with Gasteiger partial charge in [-0.3, -0.25) is 4.90 Å². The van der Waals surface area contributed by atoms with Crippen molar-refractivity contribution < 1.29 is 0 Å². The van der Waals surface area contributed by atoms with E-state index in [9.17, 15) is 0 Å². The summed E-state index contributed by atoms with van der Waals surface area (Å²) in [6, 6.07) is 0.719. The zero-order valence-corrected chi connectivity index (χ0v) is 8.52. The molecule has 0 unspecified atom stereocenters. The van der Waals surface area contributed by atoms with Crippen LogP contribution in [0.3, 0.4) is 0 Å². The van der Waals surface area contributed by atoms with Crippen LogP contribution in [0.1, 0.15) is 41.0 Å². The molecule has 1 atom stereocenters. The Morgan fingerprint density at radius 1 is 1.18 bits per heavy atom. The average Bonchev–Trinajstić information content (AvgIpc) is 1.82. The second kappa shape index (κ2) is 2.78. The highest BCUT2D eigenvalue weighted by molar-refractivity contribution is 4.99. The minimum atomic E-state index is 0.494. The van der Waals surface area contributed by atoms with Crippen LogP contribution < -0.4 is 0 Å². The van der Waals surface area contributed by atoms with Crippen LogP contribution in [0.2, 0.25) is 0 Å². The summed E-state index contributed by atoms with van der Waals surface area (Å²) in [6.45, 7) is 12.9. The van der Waals surface area contributed by atoms with Crippen molar-refractivity contribution in [3.05, 3.63) is 0 Å². The molecular weight excluding hydrogens is 134 g/mol. The van der Waals surface area contributed by atoms with Crippen molar-refractivity contribution in [3.8, 4) is 0 Å². The lowest BCUT2D eigenvalue weighted by molar-refractivity contribution is -0.0583. The molecule has 1 heterocycles. The molecule has 1 aliphatic heterocycles. The van der Waals surface area contributed by atoms with Gasteiger partial charge in [-0.15, -0.1) is 0 Å². The summed E-state index contributed by atoms with van der Waals surface area (Å²) in [4.78, 5) is 2.61. The van der Waals surface area contributed by atoms with E-state index in [0.29, 0.717) is 5.54 Å². The quantitative estimate of drug-likeness (QED) is 0.592. The molecule has 0 aromatic rings. The zero-order chi connectivity index (χ0) is 8.65. The highest BCUT2D eigenvalue weighted by Crippen LogP contribution is 2.38. The molecule has 1 fully saturated rings. The first-order valence-corrected chi connectivity index (χ1v) is 4.75. The monoisotopic (exact) mass is 155 g/mol. The number of rotatable bonds is 2. The van der Waals surface area contributed by atoms with E-state index < -0.39 is 0 Å². The van der Waals surface area contributed by atoms with Crippen molar-refractivity contribution in [1.82, 2.24) is 4.90 Å². The Hall–Kier alpha value is -0.0400. The van der Waals surface area contributed by atoms with Gasteiger partial charge in [0.25, 0.3) is 0 Å². The highest BCUT2D eigenvalue weighted by atomic mass is 15.3. The van der Waals surface area contributed by atoms with E-state index in [2.05, 4.69) is 39.5 Å².